The minimum atomic E-state index is -0.244. The summed E-state index contributed by atoms with van der Waals surface area (Å²) in [6.45, 7) is 8.03. The molecule has 0 aliphatic heterocycles. The number of hydrogen-bond acceptors (Lipinski definition) is 4. The summed E-state index contributed by atoms with van der Waals surface area (Å²) in [7, 11) is 0. The molecule has 0 saturated carbocycles. The number of nitrogens with one attached hydrogen (secondary N) is 2. The number of rotatable bonds is 7. The fraction of sp³-hybridized carbons (Fsp3) is 0.818. The van der Waals surface area contributed by atoms with Gasteiger partial charge in [-0.3, -0.25) is 9.59 Å². The van der Waals surface area contributed by atoms with Gasteiger partial charge in [0, 0.05) is 12.1 Å². The van der Waals surface area contributed by atoms with Crippen LogP contribution in [0.3, 0.4) is 0 Å². The molecule has 0 fully saturated rings. The second-order valence-electron chi connectivity index (χ2n) is 4.01. The largest absolute Gasteiger partial charge is 0.466 e. The van der Waals surface area contributed by atoms with Gasteiger partial charge in [-0.1, -0.05) is 0 Å². The van der Waals surface area contributed by atoms with Crippen LogP contribution < -0.4 is 10.6 Å². The maximum Gasteiger partial charge on any atom is 0.307 e. The van der Waals surface area contributed by atoms with Crippen molar-refractivity contribution in [3.63, 3.8) is 0 Å². The molecule has 0 aromatic heterocycles. The summed E-state index contributed by atoms with van der Waals surface area (Å²) in [5.74, 6) is -0.308. The van der Waals surface area contributed by atoms with Gasteiger partial charge >= 0.3 is 5.97 Å². The third kappa shape index (κ3) is 8.23. The van der Waals surface area contributed by atoms with Crippen molar-refractivity contribution in [1.82, 2.24) is 10.6 Å². The van der Waals surface area contributed by atoms with E-state index in [4.69, 9.17) is 4.74 Å². The zero-order valence-electron chi connectivity index (χ0n) is 10.5. The van der Waals surface area contributed by atoms with Gasteiger partial charge in [-0.25, -0.2) is 0 Å². The van der Waals surface area contributed by atoms with Gasteiger partial charge in [-0.2, -0.15) is 0 Å². The van der Waals surface area contributed by atoms with E-state index in [1.165, 1.54) is 0 Å². The minimum Gasteiger partial charge on any atom is -0.466 e. The first kappa shape index (κ1) is 14.9. The summed E-state index contributed by atoms with van der Waals surface area (Å²) in [6, 6.07) is 0.0756. The second kappa shape index (κ2) is 8.10. The van der Waals surface area contributed by atoms with E-state index in [0.717, 1.165) is 0 Å². The Bertz CT molecular complexity index is 229. The van der Waals surface area contributed by atoms with Crippen molar-refractivity contribution in [3.05, 3.63) is 0 Å². The topological polar surface area (TPSA) is 67.4 Å². The Morgan fingerprint density at radius 2 is 1.88 bits per heavy atom. The highest BCUT2D eigenvalue weighted by atomic mass is 16.5. The molecule has 0 aromatic carbocycles. The average Bonchev–Trinajstić information content (AvgIpc) is 2.14. The SMILES string of the molecule is CCOC(=O)CC(C)NCC(=O)NC(C)C. The number of hydrogen-bond donors (Lipinski definition) is 2. The lowest BCUT2D eigenvalue weighted by Gasteiger charge is -2.14. The Morgan fingerprint density at radius 3 is 2.38 bits per heavy atom. The lowest BCUT2D eigenvalue weighted by Crippen LogP contribution is -2.41. The molecule has 5 nitrogen and oxygen atoms in total. The van der Waals surface area contributed by atoms with Crippen molar-refractivity contribution in [1.29, 1.82) is 0 Å². The molecule has 0 rings (SSSR count). The lowest BCUT2D eigenvalue weighted by atomic mass is 10.2. The van der Waals surface area contributed by atoms with Crippen molar-refractivity contribution >= 4 is 11.9 Å². The normalized spacial score (nSPS) is 12.3. The van der Waals surface area contributed by atoms with E-state index in [9.17, 15) is 9.59 Å². The van der Waals surface area contributed by atoms with Crippen LogP contribution in [0.1, 0.15) is 34.1 Å². The van der Waals surface area contributed by atoms with Crippen molar-refractivity contribution in [2.45, 2.75) is 46.2 Å². The van der Waals surface area contributed by atoms with Crippen molar-refractivity contribution in [3.8, 4) is 0 Å². The third-order valence-electron chi connectivity index (χ3n) is 1.84. The van der Waals surface area contributed by atoms with Crippen LogP contribution in [0, 0.1) is 0 Å². The summed E-state index contributed by atoms with van der Waals surface area (Å²) in [5.41, 5.74) is 0. The van der Waals surface area contributed by atoms with Gasteiger partial charge in [0.2, 0.25) is 5.91 Å². The zero-order valence-corrected chi connectivity index (χ0v) is 10.5. The molecule has 1 atom stereocenters. The molecule has 0 bridgehead atoms. The highest BCUT2D eigenvalue weighted by molar-refractivity contribution is 5.78. The molecule has 0 aromatic rings. The van der Waals surface area contributed by atoms with Crippen LogP contribution in [0.2, 0.25) is 0 Å². The maximum absolute atomic E-state index is 11.3. The van der Waals surface area contributed by atoms with Gasteiger partial charge in [0.25, 0.3) is 0 Å². The van der Waals surface area contributed by atoms with Crippen LogP contribution in [-0.2, 0) is 14.3 Å². The summed E-state index contributed by atoms with van der Waals surface area (Å²) < 4.78 is 4.80. The van der Waals surface area contributed by atoms with E-state index >= 15 is 0 Å². The number of carbonyl (C=O) groups excluding carboxylic acids is 2. The lowest BCUT2D eigenvalue weighted by molar-refractivity contribution is -0.143. The van der Waals surface area contributed by atoms with Gasteiger partial charge in [0.1, 0.15) is 0 Å². The molecule has 1 amide bonds. The number of amides is 1. The van der Waals surface area contributed by atoms with Crippen LogP contribution in [0.25, 0.3) is 0 Å². The van der Waals surface area contributed by atoms with Crippen LogP contribution in [0.5, 0.6) is 0 Å². The highest BCUT2D eigenvalue weighted by Crippen LogP contribution is 1.93. The number of esters is 1. The molecular weight excluding hydrogens is 208 g/mol. The first-order valence-electron chi connectivity index (χ1n) is 5.64. The van der Waals surface area contributed by atoms with E-state index in [0.29, 0.717) is 6.61 Å². The molecule has 0 aliphatic carbocycles. The number of carbonyl (C=O) groups is 2. The van der Waals surface area contributed by atoms with Crippen LogP contribution in [0.4, 0.5) is 0 Å². The van der Waals surface area contributed by atoms with Gasteiger partial charge in [-0.15, -0.1) is 0 Å². The van der Waals surface area contributed by atoms with Crippen LogP contribution in [0.15, 0.2) is 0 Å². The Morgan fingerprint density at radius 1 is 1.25 bits per heavy atom. The Labute approximate surface area is 96.9 Å². The quantitative estimate of drug-likeness (QED) is 0.623. The Hall–Kier alpha value is -1.10. The zero-order chi connectivity index (χ0) is 12.6. The van der Waals surface area contributed by atoms with Crippen molar-refractivity contribution in [2.24, 2.45) is 0 Å². The molecular formula is C11H22N2O3. The monoisotopic (exact) mass is 230 g/mol. The summed E-state index contributed by atoms with van der Waals surface area (Å²) in [5, 5.41) is 5.72. The summed E-state index contributed by atoms with van der Waals surface area (Å²) >= 11 is 0. The van der Waals surface area contributed by atoms with Gasteiger partial charge in [0.05, 0.1) is 19.6 Å². The fourth-order valence-corrected chi connectivity index (χ4v) is 1.18. The highest BCUT2D eigenvalue weighted by Gasteiger charge is 2.11. The molecule has 0 aliphatic rings. The minimum absolute atomic E-state index is 0.0584. The predicted molar refractivity (Wildman–Crippen MR) is 62.0 cm³/mol. The van der Waals surface area contributed by atoms with E-state index in [1.807, 2.05) is 20.8 Å². The van der Waals surface area contributed by atoms with E-state index in [2.05, 4.69) is 10.6 Å². The fourth-order valence-electron chi connectivity index (χ4n) is 1.18. The molecule has 1 unspecified atom stereocenters. The van der Waals surface area contributed by atoms with Crippen LogP contribution >= 0.6 is 0 Å². The molecule has 2 N–H and O–H groups in total. The average molecular weight is 230 g/mol. The van der Waals surface area contributed by atoms with E-state index < -0.39 is 0 Å². The second-order valence-corrected chi connectivity index (χ2v) is 4.01. The summed E-state index contributed by atoms with van der Waals surface area (Å²) in [4.78, 5) is 22.4. The summed E-state index contributed by atoms with van der Waals surface area (Å²) in [6.07, 6.45) is 0.281. The molecule has 0 saturated heterocycles. The van der Waals surface area contributed by atoms with E-state index in [1.54, 1.807) is 6.92 Å². The van der Waals surface area contributed by atoms with Crippen molar-refractivity contribution in [2.75, 3.05) is 13.2 Å². The van der Waals surface area contributed by atoms with Gasteiger partial charge < -0.3 is 15.4 Å². The number of ether oxygens (including phenoxy) is 1. The molecule has 0 radical (unpaired) electrons. The maximum atomic E-state index is 11.3. The van der Waals surface area contributed by atoms with Crippen LogP contribution in [-0.4, -0.2) is 37.1 Å². The first-order chi connectivity index (χ1) is 7.45. The molecule has 0 heterocycles. The Balaban J connectivity index is 3.68. The van der Waals surface area contributed by atoms with Gasteiger partial charge in [0.15, 0.2) is 0 Å². The van der Waals surface area contributed by atoms with E-state index in [-0.39, 0.29) is 36.9 Å². The smallest absolute Gasteiger partial charge is 0.307 e. The first-order valence-corrected chi connectivity index (χ1v) is 5.64. The molecule has 94 valence electrons. The predicted octanol–water partition coefficient (Wildman–Crippen LogP) is 0.442. The van der Waals surface area contributed by atoms with Crippen molar-refractivity contribution < 1.29 is 14.3 Å². The molecule has 0 spiro atoms. The third-order valence-corrected chi connectivity index (χ3v) is 1.84. The van der Waals surface area contributed by atoms with Gasteiger partial charge in [-0.05, 0) is 27.7 Å². The molecule has 16 heavy (non-hydrogen) atoms. The standard InChI is InChI=1S/C11H22N2O3/c1-5-16-11(15)6-9(4)12-7-10(14)13-8(2)3/h8-9,12H,5-7H2,1-4H3,(H,13,14). The molecule has 5 heteroatoms. The Kier molecular flexibility index (Phi) is 7.54.